The van der Waals surface area contributed by atoms with Crippen molar-refractivity contribution in [3.05, 3.63) is 64.7 Å². The molecule has 0 aromatic heterocycles. The average molecular weight is 324 g/mol. The first kappa shape index (κ1) is 17.7. The summed E-state index contributed by atoms with van der Waals surface area (Å²) in [6.07, 6.45) is 0. The van der Waals surface area contributed by atoms with Gasteiger partial charge in [0, 0.05) is 23.4 Å². The molecule has 2 rings (SSSR count). The van der Waals surface area contributed by atoms with Gasteiger partial charge in [-0.2, -0.15) is 0 Å². The van der Waals surface area contributed by atoms with Crippen molar-refractivity contribution >= 4 is 17.5 Å². The molecule has 0 aliphatic rings. The van der Waals surface area contributed by atoms with E-state index in [1.807, 2.05) is 39.8 Å². The topological polar surface area (TPSA) is 58.2 Å². The second kappa shape index (κ2) is 7.77. The van der Waals surface area contributed by atoms with E-state index in [0.717, 1.165) is 16.8 Å². The van der Waals surface area contributed by atoms with Crippen molar-refractivity contribution in [2.24, 2.45) is 5.92 Å². The molecule has 4 heteroatoms. The van der Waals surface area contributed by atoms with Crippen LogP contribution in [0.25, 0.3) is 0 Å². The van der Waals surface area contributed by atoms with Crippen LogP contribution in [0, 0.1) is 19.8 Å². The molecule has 0 saturated heterocycles. The molecule has 0 bridgehead atoms. The van der Waals surface area contributed by atoms with Crippen LogP contribution in [0.15, 0.2) is 42.5 Å². The molecule has 0 aliphatic carbocycles. The summed E-state index contributed by atoms with van der Waals surface area (Å²) >= 11 is 0. The van der Waals surface area contributed by atoms with Gasteiger partial charge in [-0.05, 0) is 61.2 Å². The lowest BCUT2D eigenvalue weighted by Crippen LogP contribution is -2.27. The van der Waals surface area contributed by atoms with Crippen molar-refractivity contribution < 1.29 is 9.59 Å². The zero-order chi connectivity index (χ0) is 17.7. The van der Waals surface area contributed by atoms with E-state index < -0.39 is 0 Å². The molecule has 2 amide bonds. The van der Waals surface area contributed by atoms with Crippen LogP contribution in [0.5, 0.6) is 0 Å². The van der Waals surface area contributed by atoms with Gasteiger partial charge in [0.05, 0.1) is 0 Å². The Balaban J connectivity index is 2.12. The third-order valence-corrected chi connectivity index (χ3v) is 3.54. The van der Waals surface area contributed by atoms with Crippen LogP contribution in [0.3, 0.4) is 0 Å². The van der Waals surface area contributed by atoms with Crippen molar-refractivity contribution in [2.45, 2.75) is 27.7 Å². The van der Waals surface area contributed by atoms with Crippen molar-refractivity contribution in [1.29, 1.82) is 0 Å². The molecule has 2 aromatic carbocycles. The summed E-state index contributed by atoms with van der Waals surface area (Å²) in [5.41, 5.74) is 3.89. The van der Waals surface area contributed by atoms with E-state index in [-0.39, 0.29) is 11.8 Å². The number of aryl methyl sites for hydroxylation is 2. The lowest BCUT2D eigenvalue weighted by molar-refractivity contribution is 0.0949. The maximum atomic E-state index is 12.4. The fourth-order valence-electron chi connectivity index (χ4n) is 2.45. The molecule has 0 unspecified atom stereocenters. The van der Waals surface area contributed by atoms with Crippen molar-refractivity contribution in [3.8, 4) is 0 Å². The Labute approximate surface area is 143 Å². The average Bonchev–Trinajstić information content (AvgIpc) is 2.51. The first-order valence-electron chi connectivity index (χ1n) is 8.13. The smallest absolute Gasteiger partial charge is 0.255 e. The summed E-state index contributed by atoms with van der Waals surface area (Å²) in [7, 11) is 0. The van der Waals surface area contributed by atoms with Crippen molar-refractivity contribution in [1.82, 2.24) is 5.32 Å². The molecule has 2 aromatic rings. The minimum Gasteiger partial charge on any atom is -0.352 e. The Morgan fingerprint density at radius 2 is 1.50 bits per heavy atom. The number of benzene rings is 2. The van der Waals surface area contributed by atoms with E-state index in [1.165, 1.54) is 0 Å². The van der Waals surface area contributed by atoms with Gasteiger partial charge in [-0.15, -0.1) is 0 Å². The van der Waals surface area contributed by atoms with Crippen LogP contribution in [-0.2, 0) is 0 Å². The molecule has 0 heterocycles. The van der Waals surface area contributed by atoms with Gasteiger partial charge in [0.1, 0.15) is 0 Å². The number of carbonyl (C=O) groups is 2. The Kier molecular flexibility index (Phi) is 5.74. The number of rotatable bonds is 5. The van der Waals surface area contributed by atoms with Gasteiger partial charge < -0.3 is 10.6 Å². The first-order valence-corrected chi connectivity index (χ1v) is 8.13. The van der Waals surface area contributed by atoms with Crippen LogP contribution >= 0.6 is 0 Å². The highest BCUT2D eigenvalue weighted by Gasteiger charge is 2.11. The second-order valence-corrected chi connectivity index (χ2v) is 6.52. The zero-order valence-corrected chi connectivity index (χ0v) is 14.6. The highest BCUT2D eigenvalue weighted by molar-refractivity contribution is 6.06. The minimum atomic E-state index is -0.224. The lowest BCUT2D eigenvalue weighted by atomic mass is 10.1. The number of hydrogen-bond donors (Lipinski definition) is 2. The monoisotopic (exact) mass is 324 g/mol. The number of carbonyl (C=O) groups excluding carboxylic acids is 2. The highest BCUT2D eigenvalue weighted by Crippen LogP contribution is 2.15. The van der Waals surface area contributed by atoms with Gasteiger partial charge in [-0.3, -0.25) is 9.59 Å². The van der Waals surface area contributed by atoms with E-state index in [1.54, 1.807) is 24.3 Å². The molecule has 0 atom stereocenters. The van der Waals surface area contributed by atoms with Crippen LogP contribution in [0.4, 0.5) is 5.69 Å². The van der Waals surface area contributed by atoms with Gasteiger partial charge in [0.2, 0.25) is 0 Å². The van der Waals surface area contributed by atoms with Crippen molar-refractivity contribution in [3.63, 3.8) is 0 Å². The summed E-state index contributed by atoms with van der Waals surface area (Å²) in [6.45, 7) is 8.66. The maximum Gasteiger partial charge on any atom is 0.255 e. The summed E-state index contributed by atoms with van der Waals surface area (Å²) in [5.74, 6) is -0.00625. The van der Waals surface area contributed by atoms with Crippen LogP contribution in [-0.4, -0.2) is 18.4 Å². The number of nitrogens with one attached hydrogen (secondary N) is 2. The Morgan fingerprint density at radius 3 is 2.08 bits per heavy atom. The van der Waals surface area contributed by atoms with E-state index in [4.69, 9.17) is 0 Å². The summed E-state index contributed by atoms with van der Waals surface area (Å²) in [5, 5.41) is 5.74. The molecule has 126 valence electrons. The standard InChI is InChI=1S/C20H24N2O2/c1-13(2)12-21-19(23)16-6-5-7-17(11-16)20(24)22-18-9-14(3)8-15(4)10-18/h5-11,13H,12H2,1-4H3,(H,21,23)(H,22,24). The van der Waals surface area contributed by atoms with E-state index in [9.17, 15) is 9.59 Å². The molecule has 0 fully saturated rings. The van der Waals surface area contributed by atoms with Gasteiger partial charge in [0.15, 0.2) is 0 Å². The van der Waals surface area contributed by atoms with Crippen LogP contribution in [0.1, 0.15) is 45.7 Å². The predicted octanol–water partition coefficient (Wildman–Crippen LogP) is 3.94. The Hall–Kier alpha value is -2.62. The first-order chi connectivity index (χ1) is 11.3. The number of anilines is 1. The largest absolute Gasteiger partial charge is 0.352 e. The zero-order valence-electron chi connectivity index (χ0n) is 14.6. The van der Waals surface area contributed by atoms with E-state index >= 15 is 0 Å². The molecule has 0 saturated carbocycles. The molecule has 24 heavy (non-hydrogen) atoms. The van der Waals surface area contributed by atoms with Gasteiger partial charge in [-0.25, -0.2) is 0 Å². The van der Waals surface area contributed by atoms with Gasteiger partial charge >= 0.3 is 0 Å². The summed E-state index contributed by atoms with van der Waals surface area (Å²) in [4.78, 5) is 24.6. The number of hydrogen-bond acceptors (Lipinski definition) is 2. The number of amides is 2. The third-order valence-electron chi connectivity index (χ3n) is 3.54. The Morgan fingerprint density at radius 1 is 0.917 bits per heavy atom. The van der Waals surface area contributed by atoms with Gasteiger partial charge in [0.25, 0.3) is 11.8 Å². The molecule has 0 radical (unpaired) electrons. The molecular weight excluding hydrogens is 300 g/mol. The fraction of sp³-hybridized carbons (Fsp3) is 0.300. The lowest BCUT2D eigenvalue weighted by Gasteiger charge is -2.10. The van der Waals surface area contributed by atoms with Gasteiger partial charge in [-0.1, -0.05) is 26.0 Å². The van der Waals surface area contributed by atoms with Crippen molar-refractivity contribution in [2.75, 3.05) is 11.9 Å². The normalized spacial score (nSPS) is 10.5. The summed E-state index contributed by atoms with van der Waals surface area (Å²) < 4.78 is 0. The van der Waals surface area contributed by atoms with E-state index in [2.05, 4.69) is 16.7 Å². The SMILES string of the molecule is Cc1cc(C)cc(NC(=O)c2cccc(C(=O)NCC(C)C)c2)c1. The quantitative estimate of drug-likeness (QED) is 0.875. The molecule has 0 spiro atoms. The van der Waals surface area contributed by atoms with E-state index in [0.29, 0.717) is 23.6 Å². The van der Waals surface area contributed by atoms with Crippen LogP contribution in [0.2, 0.25) is 0 Å². The third kappa shape index (κ3) is 4.95. The van der Waals surface area contributed by atoms with Crippen LogP contribution < -0.4 is 10.6 Å². The fourth-order valence-corrected chi connectivity index (χ4v) is 2.45. The maximum absolute atomic E-state index is 12.4. The second-order valence-electron chi connectivity index (χ2n) is 6.52. The molecule has 4 nitrogen and oxygen atoms in total. The molecule has 0 aliphatic heterocycles. The highest BCUT2D eigenvalue weighted by atomic mass is 16.2. The minimum absolute atomic E-state index is 0.162. The molecular formula is C20H24N2O2. The Bertz CT molecular complexity index is 731. The molecule has 2 N–H and O–H groups in total. The predicted molar refractivity (Wildman–Crippen MR) is 97.5 cm³/mol. The summed E-state index contributed by atoms with van der Waals surface area (Å²) in [6, 6.07) is 12.7.